The number of nitriles is 1. The molecule has 3 aromatic rings. The summed E-state index contributed by atoms with van der Waals surface area (Å²) in [5.41, 5.74) is 1.12. The van der Waals surface area contributed by atoms with E-state index in [1.54, 1.807) is 31.2 Å². The quantitative estimate of drug-likeness (QED) is 0.718. The van der Waals surface area contributed by atoms with E-state index in [4.69, 9.17) is 9.78 Å². The van der Waals surface area contributed by atoms with Crippen LogP contribution in [0.3, 0.4) is 0 Å². The molecule has 6 heteroatoms. The molecule has 3 rings (SSSR count). The fraction of sp³-hybridized carbons (Fsp3) is 0.0714. The zero-order chi connectivity index (χ0) is 14.1. The predicted molar refractivity (Wildman–Crippen MR) is 72.5 cm³/mol. The van der Waals surface area contributed by atoms with Gasteiger partial charge in [-0.25, -0.2) is 4.39 Å². The summed E-state index contributed by atoms with van der Waals surface area (Å²) in [4.78, 5) is 5.51. The highest BCUT2D eigenvalue weighted by Gasteiger charge is 2.13. The smallest absolute Gasteiger partial charge is 0.268 e. The van der Waals surface area contributed by atoms with Crippen molar-refractivity contribution in [3.8, 4) is 28.2 Å². The fourth-order valence-electron chi connectivity index (χ4n) is 1.69. The number of halogens is 1. The SMILES string of the molecule is Cc1ccc(-c2noc(-c3ccc(C#N)s3)n2)cc1F. The van der Waals surface area contributed by atoms with Crippen LogP contribution in [-0.4, -0.2) is 10.1 Å². The van der Waals surface area contributed by atoms with Crippen LogP contribution in [0.4, 0.5) is 4.39 Å². The average Bonchev–Trinajstić information content (AvgIpc) is 3.09. The van der Waals surface area contributed by atoms with E-state index < -0.39 is 0 Å². The van der Waals surface area contributed by atoms with Crippen molar-refractivity contribution in [2.45, 2.75) is 6.92 Å². The Kier molecular flexibility index (Phi) is 3.05. The van der Waals surface area contributed by atoms with E-state index in [0.717, 1.165) is 0 Å². The van der Waals surface area contributed by atoms with Gasteiger partial charge in [-0.3, -0.25) is 0 Å². The second-order valence-electron chi connectivity index (χ2n) is 4.16. The number of hydrogen-bond acceptors (Lipinski definition) is 5. The van der Waals surface area contributed by atoms with E-state index in [-0.39, 0.29) is 5.82 Å². The summed E-state index contributed by atoms with van der Waals surface area (Å²) in [6.07, 6.45) is 0. The molecule has 0 aliphatic heterocycles. The van der Waals surface area contributed by atoms with Gasteiger partial charge in [0.05, 0.1) is 4.88 Å². The van der Waals surface area contributed by atoms with E-state index in [9.17, 15) is 4.39 Å². The number of nitrogens with zero attached hydrogens (tertiary/aromatic N) is 3. The standard InChI is InChI=1S/C14H8FN3OS/c1-8-2-3-9(6-11(8)15)13-17-14(19-18-13)12-5-4-10(7-16)20-12/h2-6H,1H3. The van der Waals surface area contributed by atoms with Crippen molar-refractivity contribution in [2.24, 2.45) is 0 Å². The van der Waals surface area contributed by atoms with E-state index in [1.165, 1.54) is 17.4 Å². The molecule has 4 nitrogen and oxygen atoms in total. The van der Waals surface area contributed by atoms with Crippen LogP contribution in [0.25, 0.3) is 22.2 Å². The Morgan fingerprint density at radius 1 is 1.30 bits per heavy atom. The summed E-state index contributed by atoms with van der Waals surface area (Å²) in [7, 11) is 0. The van der Waals surface area contributed by atoms with Gasteiger partial charge in [-0.2, -0.15) is 10.2 Å². The number of aromatic nitrogens is 2. The maximum atomic E-state index is 13.5. The van der Waals surface area contributed by atoms with Crippen molar-refractivity contribution in [1.29, 1.82) is 5.26 Å². The lowest BCUT2D eigenvalue weighted by atomic mass is 10.1. The Morgan fingerprint density at radius 2 is 2.15 bits per heavy atom. The van der Waals surface area contributed by atoms with Crippen LogP contribution in [0.1, 0.15) is 10.4 Å². The van der Waals surface area contributed by atoms with E-state index >= 15 is 0 Å². The molecule has 0 atom stereocenters. The van der Waals surface area contributed by atoms with E-state index in [0.29, 0.717) is 32.6 Å². The Bertz CT molecular complexity index is 816. The van der Waals surface area contributed by atoms with Crippen molar-refractivity contribution in [3.05, 3.63) is 46.6 Å². The maximum absolute atomic E-state index is 13.5. The van der Waals surface area contributed by atoms with Gasteiger partial charge in [0.2, 0.25) is 5.82 Å². The normalized spacial score (nSPS) is 10.4. The fourth-order valence-corrected chi connectivity index (χ4v) is 2.41. The molecule has 2 aromatic heterocycles. The molecular weight excluding hydrogens is 277 g/mol. The van der Waals surface area contributed by atoms with E-state index in [2.05, 4.69) is 10.1 Å². The van der Waals surface area contributed by atoms with Crippen LogP contribution in [0.15, 0.2) is 34.9 Å². The molecule has 0 amide bonds. The summed E-state index contributed by atoms with van der Waals surface area (Å²) < 4.78 is 18.7. The first-order valence-corrected chi connectivity index (χ1v) is 6.59. The number of aryl methyl sites for hydroxylation is 1. The minimum absolute atomic E-state index is 0.309. The largest absolute Gasteiger partial charge is 0.333 e. The number of rotatable bonds is 2. The molecular formula is C14H8FN3OS. The van der Waals surface area contributed by atoms with Gasteiger partial charge in [-0.15, -0.1) is 11.3 Å². The van der Waals surface area contributed by atoms with Crippen LogP contribution in [0.2, 0.25) is 0 Å². The first kappa shape index (κ1) is 12.5. The second-order valence-corrected chi connectivity index (χ2v) is 5.25. The van der Waals surface area contributed by atoms with Crippen LogP contribution in [0, 0.1) is 24.1 Å². The summed E-state index contributed by atoms with van der Waals surface area (Å²) in [5, 5.41) is 12.6. The van der Waals surface area contributed by atoms with Crippen LogP contribution in [-0.2, 0) is 0 Å². The van der Waals surface area contributed by atoms with Crippen LogP contribution in [0.5, 0.6) is 0 Å². The van der Waals surface area contributed by atoms with Crippen molar-refractivity contribution in [1.82, 2.24) is 10.1 Å². The predicted octanol–water partition coefficient (Wildman–Crippen LogP) is 3.78. The zero-order valence-electron chi connectivity index (χ0n) is 10.4. The molecule has 0 N–H and O–H groups in total. The molecule has 0 saturated heterocycles. The lowest BCUT2D eigenvalue weighted by molar-refractivity contribution is 0.433. The van der Waals surface area contributed by atoms with Gasteiger partial charge in [0.25, 0.3) is 5.89 Å². The van der Waals surface area contributed by atoms with Gasteiger partial charge >= 0.3 is 0 Å². The number of thiophene rings is 1. The molecule has 0 bridgehead atoms. The minimum atomic E-state index is -0.309. The summed E-state index contributed by atoms with van der Waals surface area (Å²) in [5.74, 6) is 0.343. The molecule has 0 saturated carbocycles. The van der Waals surface area contributed by atoms with Gasteiger partial charge in [0, 0.05) is 5.56 Å². The summed E-state index contributed by atoms with van der Waals surface area (Å²) >= 11 is 1.27. The van der Waals surface area contributed by atoms with Crippen LogP contribution < -0.4 is 0 Å². The van der Waals surface area contributed by atoms with E-state index in [1.807, 2.05) is 6.07 Å². The molecule has 0 aliphatic carbocycles. The summed E-state index contributed by atoms with van der Waals surface area (Å²) in [6.45, 7) is 1.69. The molecule has 20 heavy (non-hydrogen) atoms. The number of hydrogen-bond donors (Lipinski definition) is 0. The lowest BCUT2D eigenvalue weighted by Gasteiger charge is -1.97. The molecule has 0 spiro atoms. The Labute approximate surface area is 118 Å². The van der Waals surface area contributed by atoms with Crippen molar-refractivity contribution in [3.63, 3.8) is 0 Å². The molecule has 2 heterocycles. The summed E-state index contributed by atoms with van der Waals surface area (Å²) in [6, 6.07) is 10.3. The first-order chi connectivity index (χ1) is 9.67. The third-order valence-corrected chi connectivity index (χ3v) is 3.76. The van der Waals surface area contributed by atoms with Gasteiger partial charge in [0.15, 0.2) is 0 Å². The highest BCUT2D eigenvalue weighted by atomic mass is 32.1. The molecule has 0 aliphatic rings. The minimum Gasteiger partial charge on any atom is -0.333 e. The highest BCUT2D eigenvalue weighted by molar-refractivity contribution is 7.15. The highest BCUT2D eigenvalue weighted by Crippen LogP contribution is 2.28. The Hall–Kier alpha value is -2.52. The van der Waals surface area contributed by atoms with Gasteiger partial charge in [-0.1, -0.05) is 17.3 Å². The molecule has 98 valence electrons. The Balaban J connectivity index is 1.97. The van der Waals surface area contributed by atoms with Gasteiger partial charge < -0.3 is 4.52 Å². The van der Waals surface area contributed by atoms with Crippen LogP contribution >= 0.6 is 11.3 Å². The van der Waals surface area contributed by atoms with Gasteiger partial charge in [-0.05, 0) is 30.7 Å². The third-order valence-electron chi connectivity index (χ3n) is 2.78. The number of benzene rings is 1. The third kappa shape index (κ3) is 2.19. The Morgan fingerprint density at radius 3 is 2.85 bits per heavy atom. The monoisotopic (exact) mass is 285 g/mol. The van der Waals surface area contributed by atoms with Gasteiger partial charge in [0.1, 0.15) is 16.8 Å². The maximum Gasteiger partial charge on any atom is 0.268 e. The second kappa shape index (κ2) is 4.87. The topological polar surface area (TPSA) is 62.7 Å². The van der Waals surface area contributed by atoms with Crippen molar-refractivity contribution in [2.75, 3.05) is 0 Å². The average molecular weight is 285 g/mol. The molecule has 0 unspecified atom stereocenters. The first-order valence-electron chi connectivity index (χ1n) is 5.78. The molecule has 1 aromatic carbocycles. The zero-order valence-corrected chi connectivity index (χ0v) is 11.2. The molecule has 0 radical (unpaired) electrons. The lowest BCUT2D eigenvalue weighted by Crippen LogP contribution is -1.86. The molecule has 0 fully saturated rings. The van der Waals surface area contributed by atoms with Crippen molar-refractivity contribution >= 4 is 11.3 Å². The van der Waals surface area contributed by atoms with Crippen molar-refractivity contribution < 1.29 is 8.91 Å².